The van der Waals surface area contributed by atoms with E-state index in [0.717, 1.165) is 12.2 Å². The summed E-state index contributed by atoms with van der Waals surface area (Å²) in [5.41, 5.74) is 0. The largest absolute Gasteiger partial charge is 0.481 e. The number of hydrogen-bond acceptors (Lipinski definition) is 5. The lowest BCUT2D eigenvalue weighted by molar-refractivity contribution is -0.133. The molecule has 0 amide bonds. The first kappa shape index (κ1) is 15.0. The van der Waals surface area contributed by atoms with E-state index < -0.39 is 5.97 Å². The Labute approximate surface area is 111 Å². The molecule has 1 aromatic rings. The van der Waals surface area contributed by atoms with Crippen molar-refractivity contribution in [2.75, 3.05) is 19.5 Å². The van der Waals surface area contributed by atoms with Gasteiger partial charge in [0.05, 0.1) is 12.4 Å². The van der Waals surface area contributed by atoms with E-state index >= 15 is 0 Å². The molecule has 1 N–H and O–H groups in total. The lowest BCUT2D eigenvalue weighted by Gasteiger charge is -2.10. The third kappa shape index (κ3) is 4.66. The minimum atomic E-state index is -0.855. The van der Waals surface area contributed by atoms with Gasteiger partial charge in [0.25, 0.3) is 0 Å². The fourth-order valence-electron chi connectivity index (χ4n) is 1.48. The fourth-order valence-corrected chi connectivity index (χ4v) is 2.18. The average Bonchev–Trinajstić information content (AvgIpc) is 2.65. The van der Waals surface area contributed by atoms with Crippen LogP contribution in [0.25, 0.3) is 0 Å². The summed E-state index contributed by atoms with van der Waals surface area (Å²) in [4.78, 5) is 10.6. The molecule has 0 saturated carbocycles. The number of nitrogens with zero attached hydrogens (tertiary/aromatic N) is 3. The summed E-state index contributed by atoms with van der Waals surface area (Å²) in [5, 5.41) is 17.5. The summed E-state index contributed by atoms with van der Waals surface area (Å²) in [6.45, 7) is 5.43. The zero-order valence-electron chi connectivity index (χ0n) is 10.9. The minimum Gasteiger partial charge on any atom is -0.481 e. The highest BCUT2D eigenvalue weighted by Gasteiger charge is 2.14. The lowest BCUT2D eigenvalue weighted by Crippen LogP contribution is -2.12. The molecule has 0 spiro atoms. The van der Waals surface area contributed by atoms with Crippen molar-refractivity contribution in [1.82, 2.24) is 14.8 Å². The summed E-state index contributed by atoms with van der Waals surface area (Å²) in [6, 6.07) is 0. The second-order valence-electron chi connectivity index (χ2n) is 4.32. The maximum Gasteiger partial charge on any atom is 0.313 e. The van der Waals surface area contributed by atoms with Gasteiger partial charge in [0, 0.05) is 20.1 Å². The molecule has 0 atom stereocenters. The van der Waals surface area contributed by atoms with Crippen LogP contribution in [0.2, 0.25) is 0 Å². The first-order chi connectivity index (χ1) is 8.54. The van der Waals surface area contributed by atoms with Gasteiger partial charge < -0.3 is 14.4 Å². The van der Waals surface area contributed by atoms with Gasteiger partial charge in [0.1, 0.15) is 5.82 Å². The molecule has 0 bridgehead atoms. The van der Waals surface area contributed by atoms with Crippen LogP contribution >= 0.6 is 11.8 Å². The van der Waals surface area contributed by atoms with Gasteiger partial charge in [0.15, 0.2) is 5.16 Å². The van der Waals surface area contributed by atoms with Crippen LogP contribution in [0.3, 0.4) is 0 Å². The van der Waals surface area contributed by atoms with Crippen LogP contribution in [-0.2, 0) is 22.5 Å². The van der Waals surface area contributed by atoms with Crippen LogP contribution in [-0.4, -0.2) is 45.3 Å². The van der Waals surface area contributed by atoms with Gasteiger partial charge in [-0.2, -0.15) is 0 Å². The van der Waals surface area contributed by atoms with Crippen LogP contribution in [0.15, 0.2) is 5.16 Å². The van der Waals surface area contributed by atoms with Crippen molar-refractivity contribution >= 4 is 17.7 Å². The number of rotatable bonds is 8. The molecular formula is C11H19N3O3S. The highest BCUT2D eigenvalue weighted by Crippen LogP contribution is 2.18. The SMILES string of the molecule is COCCn1c(CC(C)C)nnc1SCC(=O)O. The Kier molecular flexibility index (Phi) is 6.14. The molecule has 0 aromatic carbocycles. The first-order valence-corrected chi connectivity index (χ1v) is 6.78. The van der Waals surface area contributed by atoms with Crippen LogP contribution < -0.4 is 0 Å². The predicted molar refractivity (Wildman–Crippen MR) is 68.8 cm³/mol. The van der Waals surface area contributed by atoms with Gasteiger partial charge in [-0.1, -0.05) is 25.6 Å². The predicted octanol–water partition coefficient (Wildman–Crippen LogP) is 1.30. The maximum atomic E-state index is 10.6. The molecule has 1 aromatic heterocycles. The van der Waals surface area contributed by atoms with Gasteiger partial charge in [-0.25, -0.2) is 0 Å². The van der Waals surface area contributed by atoms with Crippen LogP contribution in [0.1, 0.15) is 19.7 Å². The van der Waals surface area contributed by atoms with Gasteiger partial charge in [-0.3, -0.25) is 4.79 Å². The normalized spacial score (nSPS) is 11.1. The van der Waals surface area contributed by atoms with Gasteiger partial charge in [-0.15, -0.1) is 10.2 Å². The van der Waals surface area contributed by atoms with E-state index in [1.165, 1.54) is 11.8 Å². The number of carbonyl (C=O) groups is 1. The topological polar surface area (TPSA) is 77.2 Å². The molecule has 0 fully saturated rings. The number of carboxylic acid groups (broad SMARTS) is 1. The van der Waals surface area contributed by atoms with Gasteiger partial charge >= 0.3 is 5.97 Å². The lowest BCUT2D eigenvalue weighted by atomic mass is 10.1. The Balaban J connectivity index is 2.80. The van der Waals surface area contributed by atoms with Crippen molar-refractivity contribution in [3.63, 3.8) is 0 Å². The summed E-state index contributed by atoms with van der Waals surface area (Å²) >= 11 is 1.19. The van der Waals surface area contributed by atoms with Crippen molar-refractivity contribution in [1.29, 1.82) is 0 Å². The molecule has 1 heterocycles. The first-order valence-electron chi connectivity index (χ1n) is 5.80. The average molecular weight is 273 g/mol. The van der Waals surface area contributed by atoms with Crippen molar-refractivity contribution in [3.8, 4) is 0 Å². The number of hydrogen-bond donors (Lipinski definition) is 1. The van der Waals surface area contributed by atoms with Crippen LogP contribution in [0.4, 0.5) is 0 Å². The van der Waals surface area contributed by atoms with E-state index in [0.29, 0.717) is 24.2 Å². The monoisotopic (exact) mass is 273 g/mol. The summed E-state index contributed by atoms with van der Waals surface area (Å²) < 4.78 is 7.00. The molecule has 18 heavy (non-hydrogen) atoms. The molecule has 0 aliphatic carbocycles. The van der Waals surface area contributed by atoms with E-state index in [1.54, 1.807) is 7.11 Å². The molecule has 0 saturated heterocycles. The highest BCUT2D eigenvalue weighted by atomic mass is 32.2. The smallest absolute Gasteiger partial charge is 0.313 e. The Bertz CT molecular complexity index is 393. The highest BCUT2D eigenvalue weighted by molar-refractivity contribution is 7.99. The van der Waals surface area contributed by atoms with E-state index in [-0.39, 0.29) is 5.75 Å². The zero-order chi connectivity index (χ0) is 13.5. The third-order valence-electron chi connectivity index (χ3n) is 2.23. The minimum absolute atomic E-state index is 0.00715. The summed E-state index contributed by atoms with van der Waals surface area (Å²) in [7, 11) is 1.64. The Morgan fingerprint density at radius 3 is 2.78 bits per heavy atom. The number of thioether (sulfide) groups is 1. The molecule has 0 aliphatic rings. The van der Waals surface area contributed by atoms with Crippen molar-refractivity contribution in [3.05, 3.63) is 5.82 Å². The van der Waals surface area contributed by atoms with Gasteiger partial charge in [0.2, 0.25) is 0 Å². The van der Waals surface area contributed by atoms with Crippen LogP contribution in [0.5, 0.6) is 0 Å². The standard InChI is InChI=1S/C11H19N3O3S/c1-8(2)6-9-12-13-11(18-7-10(15)16)14(9)4-5-17-3/h8H,4-7H2,1-3H3,(H,15,16). The Hall–Kier alpha value is -1.08. The van der Waals surface area contributed by atoms with E-state index in [1.807, 2.05) is 4.57 Å². The summed E-state index contributed by atoms with van der Waals surface area (Å²) in [6.07, 6.45) is 0.824. The molecular weight excluding hydrogens is 254 g/mol. The van der Waals surface area contributed by atoms with Crippen molar-refractivity contribution in [2.45, 2.75) is 32.0 Å². The maximum absolute atomic E-state index is 10.6. The molecule has 0 radical (unpaired) electrons. The number of aromatic nitrogens is 3. The van der Waals surface area contributed by atoms with Crippen LogP contribution in [0, 0.1) is 5.92 Å². The second kappa shape index (κ2) is 7.38. The number of methoxy groups -OCH3 is 1. The zero-order valence-corrected chi connectivity index (χ0v) is 11.7. The number of carboxylic acids is 1. The Morgan fingerprint density at radius 2 is 2.22 bits per heavy atom. The van der Waals surface area contributed by atoms with E-state index in [4.69, 9.17) is 9.84 Å². The molecule has 0 aliphatic heterocycles. The third-order valence-corrected chi connectivity index (χ3v) is 3.18. The molecule has 6 nitrogen and oxygen atoms in total. The Morgan fingerprint density at radius 1 is 1.50 bits per heavy atom. The molecule has 0 unspecified atom stereocenters. The molecule has 7 heteroatoms. The van der Waals surface area contributed by atoms with Crippen molar-refractivity contribution in [2.24, 2.45) is 5.92 Å². The molecule has 1 rings (SSSR count). The number of ether oxygens (including phenoxy) is 1. The van der Waals surface area contributed by atoms with Gasteiger partial charge in [-0.05, 0) is 5.92 Å². The quantitative estimate of drug-likeness (QED) is 0.719. The summed E-state index contributed by atoms with van der Waals surface area (Å²) in [5.74, 6) is 0.502. The molecule has 102 valence electrons. The number of aliphatic carboxylic acids is 1. The van der Waals surface area contributed by atoms with E-state index in [2.05, 4.69) is 24.0 Å². The fraction of sp³-hybridized carbons (Fsp3) is 0.727. The second-order valence-corrected chi connectivity index (χ2v) is 5.27. The van der Waals surface area contributed by atoms with Crippen molar-refractivity contribution < 1.29 is 14.6 Å². The van der Waals surface area contributed by atoms with E-state index in [9.17, 15) is 4.79 Å².